The summed E-state index contributed by atoms with van der Waals surface area (Å²) in [5.41, 5.74) is 4.53. The molecule has 0 atom stereocenters. The van der Waals surface area contributed by atoms with Crippen LogP contribution in [0, 0.1) is 20.8 Å². The Balaban J connectivity index is 2.00. The molecule has 1 aromatic heterocycles. The minimum Gasteiger partial charge on any atom is -0.484 e. The summed E-state index contributed by atoms with van der Waals surface area (Å²) in [6.45, 7) is 5.45. The first-order chi connectivity index (χ1) is 10.4. The van der Waals surface area contributed by atoms with Crippen LogP contribution in [0.15, 0.2) is 17.3 Å². The number of halogens is 1. The summed E-state index contributed by atoms with van der Waals surface area (Å²) in [4.78, 5) is 12.0. The minimum atomic E-state index is -0.288. The fourth-order valence-corrected chi connectivity index (χ4v) is 2.49. The first kappa shape index (κ1) is 16.6. The Labute approximate surface area is 138 Å². The lowest BCUT2D eigenvalue weighted by Gasteiger charge is -2.11. The third-order valence-corrected chi connectivity index (χ3v) is 4.22. The maximum Gasteiger partial charge on any atom is 0.276 e. The highest BCUT2D eigenvalue weighted by Crippen LogP contribution is 2.25. The molecule has 1 heterocycles. The van der Waals surface area contributed by atoms with Crippen LogP contribution in [0.1, 0.15) is 17.0 Å². The largest absolute Gasteiger partial charge is 0.484 e. The van der Waals surface area contributed by atoms with Gasteiger partial charge in [0.2, 0.25) is 5.16 Å². The molecule has 118 valence electrons. The zero-order chi connectivity index (χ0) is 16.3. The predicted molar refractivity (Wildman–Crippen MR) is 87.3 cm³/mol. The molecule has 1 N–H and O–H groups in total. The van der Waals surface area contributed by atoms with E-state index in [-0.39, 0.29) is 12.5 Å². The topological polar surface area (TPSA) is 69.0 Å². The van der Waals surface area contributed by atoms with Crippen LogP contribution < -0.4 is 10.2 Å². The Morgan fingerprint density at radius 2 is 1.95 bits per heavy atom. The van der Waals surface area contributed by atoms with Gasteiger partial charge in [0.15, 0.2) is 6.61 Å². The Morgan fingerprint density at radius 3 is 2.55 bits per heavy atom. The standard InChI is InChI=1S/C14H17ClN4O2S/c1-8-5-11(6-9(2)13(8)15)21-7-12(20)18-19-10(3)16-17-14(19)22-4/h5-6H,7H2,1-4H3,(H,18,20). The van der Waals surface area contributed by atoms with E-state index in [2.05, 4.69) is 15.6 Å². The lowest BCUT2D eigenvalue weighted by Crippen LogP contribution is -2.29. The van der Waals surface area contributed by atoms with Crippen molar-refractivity contribution >= 4 is 29.3 Å². The van der Waals surface area contributed by atoms with E-state index in [4.69, 9.17) is 16.3 Å². The molecule has 8 heteroatoms. The maximum atomic E-state index is 12.0. The number of nitrogens with one attached hydrogen (secondary N) is 1. The highest BCUT2D eigenvalue weighted by Gasteiger charge is 2.12. The van der Waals surface area contributed by atoms with Crippen LogP contribution in [0.5, 0.6) is 5.75 Å². The molecule has 0 aliphatic carbocycles. The molecule has 0 saturated carbocycles. The van der Waals surface area contributed by atoms with E-state index >= 15 is 0 Å². The van der Waals surface area contributed by atoms with E-state index in [9.17, 15) is 4.79 Å². The number of ether oxygens (including phenoxy) is 1. The van der Waals surface area contributed by atoms with Crippen LogP contribution in [0.3, 0.4) is 0 Å². The van der Waals surface area contributed by atoms with Crippen LogP contribution in [0.4, 0.5) is 0 Å². The molecule has 0 spiro atoms. The van der Waals surface area contributed by atoms with Gasteiger partial charge in [0, 0.05) is 5.02 Å². The number of carbonyl (C=O) groups is 1. The van der Waals surface area contributed by atoms with Crippen molar-refractivity contribution in [2.45, 2.75) is 25.9 Å². The number of amides is 1. The monoisotopic (exact) mass is 340 g/mol. The van der Waals surface area contributed by atoms with Gasteiger partial charge in [-0.2, -0.15) is 0 Å². The van der Waals surface area contributed by atoms with Crippen LogP contribution in [0.2, 0.25) is 5.02 Å². The number of benzene rings is 1. The van der Waals surface area contributed by atoms with Crippen molar-refractivity contribution in [3.05, 3.63) is 34.1 Å². The zero-order valence-electron chi connectivity index (χ0n) is 12.8. The van der Waals surface area contributed by atoms with E-state index in [0.29, 0.717) is 21.8 Å². The lowest BCUT2D eigenvalue weighted by molar-refractivity contribution is -0.119. The molecule has 0 saturated heterocycles. The smallest absolute Gasteiger partial charge is 0.276 e. The highest BCUT2D eigenvalue weighted by atomic mass is 35.5. The van der Waals surface area contributed by atoms with Crippen molar-refractivity contribution in [1.82, 2.24) is 14.9 Å². The van der Waals surface area contributed by atoms with Crippen LogP contribution in [0.25, 0.3) is 0 Å². The second kappa shape index (κ2) is 7.02. The second-order valence-electron chi connectivity index (χ2n) is 4.76. The van der Waals surface area contributed by atoms with Gasteiger partial charge in [-0.25, -0.2) is 4.68 Å². The summed E-state index contributed by atoms with van der Waals surface area (Å²) in [7, 11) is 0. The molecule has 1 aromatic carbocycles. The first-order valence-corrected chi connectivity index (χ1v) is 8.18. The van der Waals surface area contributed by atoms with Crippen LogP contribution in [-0.2, 0) is 4.79 Å². The minimum absolute atomic E-state index is 0.105. The maximum absolute atomic E-state index is 12.0. The highest BCUT2D eigenvalue weighted by molar-refractivity contribution is 7.98. The number of rotatable bonds is 5. The number of hydrogen-bond acceptors (Lipinski definition) is 5. The zero-order valence-corrected chi connectivity index (χ0v) is 14.4. The Bertz CT molecular complexity index is 679. The van der Waals surface area contributed by atoms with Crippen molar-refractivity contribution in [1.29, 1.82) is 0 Å². The van der Waals surface area contributed by atoms with Crippen molar-refractivity contribution < 1.29 is 9.53 Å². The summed E-state index contributed by atoms with van der Waals surface area (Å²) < 4.78 is 7.05. The number of thioether (sulfide) groups is 1. The summed E-state index contributed by atoms with van der Waals surface area (Å²) in [6.07, 6.45) is 1.86. The number of aryl methyl sites for hydroxylation is 3. The summed E-state index contributed by atoms with van der Waals surface area (Å²) >= 11 is 7.50. The van der Waals surface area contributed by atoms with Gasteiger partial charge in [-0.15, -0.1) is 10.2 Å². The van der Waals surface area contributed by atoms with E-state index in [1.54, 1.807) is 19.1 Å². The Kier molecular flexibility index (Phi) is 5.31. The van der Waals surface area contributed by atoms with Gasteiger partial charge < -0.3 is 4.74 Å². The Hall–Kier alpha value is -1.73. The van der Waals surface area contributed by atoms with Gasteiger partial charge in [0.1, 0.15) is 11.6 Å². The van der Waals surface area contributed by atoms with Gasteiger partial charge >= 0.3 is 0 Å². The molecule has 2 aromatic rings. The molecular weight excluding hydrogens is 324 g/mol. The van der Waals surface area contributed by atoms with Gasteiger partial charge in [0.05, 0.1) is 0 Å². The second-order valence-corrected chi connectivity index (χ2v) is 5.92. The first-order valence-electron chi connectivity index (χ1n) is 6.57. The lowest BCUT2D eigenvalue weighted by atomic mass is 10.1. The number of aromatic nitrogens is 3. The van der Waals surface area contributed by atoms with Gasteiger partial charge in [-0.1, -0.05) is 23.4 Å². The van der Waals surface area contributed by atoms with Crippen molar-refractivity contribution in [3.63, 3.8) is 0 Å². The Morgan fingerprint density at radius 1 is 1.32 bits per heavy atom. The summed E-state index contributed by atoms with van der Waals surface area (Å²) in [6, 6.07) is 3.61. The number of hydrogen-bond donors (Lipinski definition) is 1. The molecule has 2 rings (SSSR count). The number of carbonyl (C=O) groups excluding carboxylic acids is 1. The molecule has 1 amide bonds. The van der Waals surface area contributed by atoms with Gasteiger partial charge in [0.25, 0.3) is 5.91 Å². The molecule has 0 aliphatic heterocycles. The molecule has 0 radical (unpaired) electrons. The average molecular weight is 341 g/mol. The number of nitrogens with zero attached hydrogens (tertiary/aromatic N) is 3. The van der Waals surface area contributed by atoms with E-state index in [1.807, 2.05) is 20.1 Å². The predicted octanol–water partition coefficient (Wildman–Crippen LogP) is 2.73. The molecule has 22 heavy (non-hydrogen) atoms. The molecule has 0 aliphatic rings. The van der Waals surface area contributed by atoms with Crippen LogP contribution in [-0.4, -0.2) is 33.6 Å². The molecule has 0 fully saturated rings. The van der Waals surface area contributed by atoms with E-state index in [0.717, 1.165) is 11.1 Å². The van der Waals surface area contributed by atoms with Crippen molar-refractivity contribution in [2.75, 3.05) is 18.3 Å². The van der Waals surface area contributed by atoms with Gasteiger partial charge in [-0.3, -0.25) is 10.2 Å². The fraction of sp³-hybridized carbons (Fsp3) is 0.357. The van der Waals surface area contributed by atoms with E-state index in [1.165, 1.54) is 16.4 Å². The molecular formula is C14H17ClN4O2S. The third-order valence-electron chi connectivity index (χ3n) is 2.99. The fourth-order valence-electron chi connectivity index (χ4n) is 1.90. The summed E-state index contributed by atoms with van der Waals surface area (Å²) in [5, 5.41) is 9.18. The SMILES string of the molecule is CSc1nnc(C)n1NC(=O)COc1cc(C)c(Cl)c(C)c1. The quantitative estimate of drug-likeness (QED) is 0.847. The third kappa shape index (κ3) is 3.72. The van der Waals surface area contributed by atoms with Crippen molar-refractivity contribution in [3.8, 4) is 5.75 Å². The van der Waals surface area contributed by atoms with Crippen molar-refractivity contribution in [2.24, 2.45) is 0 Å². The summed E-state index contributed by atoms with van der Waals surface area (Å²) in [5.74, 6) is 0.930. The van der Waals surface area contributed by atoms with Gasteiger partial charge in [-0.05, 0) is 50.3 Å². The van der Waals surface area contributed by atoms with E-state index < -0.39 is 0 Å². The molecule has 0 unspecified atom stereocenters. The normalized spacial score (nSPS) is 10.6. The average Bonchev–Trinajstić information content (AvgIpc) is 2.83. The molecule has 6 nitrogen and oxygen atoms in total. The molecule has 0 bridgehead atoms. The van der Waals surface area contributed by atoms with Crippen LogP contribution >= 0.6 is 23.4 Å².